The van der Waals surface area contributed by atoms with Crippen LogP contribution < -0.4 is 0 Å². The minimum absolute atomic E-state index is 0.0730. The molecule has 2 heterocycles. The molecular weight excluding hydrogens is 240 g/mol. The fourth-order valence-corrected chi connectivity index (χ4v) is 3.25. The Morgan fingerprint density at radius 2 is 2.19 bits per heavy atom. The van der Waals surface area contributed by atoms with Gasteiger partial charge in [0.25, 0.3) is 0 Å². The van der Waals surface area contributed by atoms with Crippen molar-refractivity contribution in [1.29, 1.82) is 0 Å². The van der Waals surface area contributed by atoms with Crippen LogP contribution in [0.3, 0.4) is 0 Å². The third kappa shape index (κ3) is 1.88. The third-order valence-electron chi connectivity index (χ3n) is 2.31. The molecule has 0 saturated heterocycles. The normalized spacial score (nSPS) is 15.8. The van der Waals surface area contributed by atoms with Crippen LogP contribution in [0.25, 0.3) is 10.2 Å². The maximum Gasteiger partial charge on any atom is 0.305 e. The first-order valence-corrected chi connectivity index (χ1v) is 6.69. The van der Waals surface area contributed by atoms with E-state index < -0.39 is 0 Å². The van der Waals surface area contributed by atoms with Crippen LogP contribution in [0.5, 0.6) is 0 Å². The molecule has 3 rings (SSSR count). The molecule has 0 radical (unpaired) electrons. The highest BCUT2D eigenvalue weighted by Crippen LogP contribution is 2.24. The SMILES string of the molecule is O=C1N=C(Cc2nc3ccccc3s2)CS1. The van der Waals surface area contributed by atoms with Gasteiger partial charge in [0, 0.05) is 17.9 Å². The molecule has 80 valence electrons. The smallest absolute Gasteiger partial charge is 0.259 e. The number of thiazole rings is 1. The summed E-state index contributed by atoms with van der Waals surface area (Å²) in [7, 11) is 0. The molecule has 5 heteroatoms. The van der Waals surface area contributed by atoms with Crippen molar-refractivity contribution in [1.82, 2.24) is 4.98 Å². The van der Waals surface area contributed by atoms with E-state index in [0.717, 1.165) is 22.0 Å². The lowest BCUT2D eigenvalue weighted by atomic mass is 10.3. The van der Waals surface area contributed by atoms with Gasteiger partial charge in [0.1, 0.15) is 0 Å². The van der Waals surface area contributed by atoms with Gasteiger partial charge in [-0.05, 0) is 12.1 Å². The number of para-hydroxylation sites is 1. The number of carbonyl (C=O) groups excluding carboxylic acids is 1. The quantitative estimate of drug-likeness (QED) is 0.820. The second-order valence-corrected chi connectivity index (χ2v) is 5.53. The molecule has 0 N–H and O–H groups in total. The first-order valence-electron chi connectivity index (χ1n) is 4.89. The van der Waals surface area contributed by atoms with Crippen LogP contribution in [-0.4, -0.2) is 21.7 Å². The Hall–Kier alpha value is -1.20. The van der Waals surface area contributed by atoms with E-state index in [4.69, 9.17) is 0 Å². The molecule has 0 aliphatic carbocycles. The van der Waals surface area contributed by atoms with E-state index in [-0.39, 0.29) is 5.24 Å². The van der Waals surface area contributed by atoms with Gasteiger partial charge in [-0.3, -0.25) is 4.79 Å². The molecule has 1 aliphatic heterocycles. The van der Waals surface area contributed by atoms with Crippen molar-refractivity contribution in [2.45, 2.75) is 6.42 Å². The van der Waals surface area contributed by atoms with Crippen molar-refractivity contribution < 1.29 is 4.79 Å². The summed E-state index contributed by atoms with van der Waals surface area (Å²) in [6.07, 6.45) is 0.706. The van der Waals surface area contributed by atoms with E-state index in [2.05, 4.69) is 16.0 Å². The van der Waals surface area contributed by atoms with Crippen LogP contribution in [0.15, 0.2) is 29.3 Å². The zero-order valence-electron chi connectivity index (χ0n) is 8.34. The van der Waals surface area contributed by atoms with E-state index in [0.29, 0.717) is 6.42 Å². The third-order valence-corrected chi connectivity index (χ3v) is 4.16. The van der Waals surface area contributed by atoms with E-state index in [9.17, 15) is 4.79 Å². The number of rotatable bonds is 2. The summed E-state index contributed by atoms with van der Waals surface area (Å²) in [5.41, 5.74) is 1.97. The van der Waals surface area contributed by atoms with Gasteiger partial charge in [-0.2, -0.15) is 0 Å². The predicted octanol–water partition coefficient (Wildman–Crippen LogP) is 3.15. The maximum atomic E-state index is 11.0. The van der Waals surface area contributed by atoms with Crippen LogP contribution in [0.4, 0.5) is 4.79 Å². The highest BCUT2D eigenvalue weighted by Gasteiger charge is 2.16. The molecule has 1 amide bonds. The number of thioether (sulfide) groups is 1. The van der Waals surface area contributed by atoms with Crippen molar-refractivity contribution in [2.75, 3.05) is 5.75 Å². The average Bonchev–Trinajstić information content (AvgIpc) is 2.84. The van der Waals surface area contributed by atoms with Crippen LogP contribution in [0, 0.1) is 0 Å². The topological polar surface area (TPSA) is 42.3 Å². The van der Waals surface area contributed by atoms with Gasteiger partial charge >= 0.3 is 5.24 Å². The fraction of sp³-hybridized carbons (Fsp3) is 0.182. The first-order chi connectivity index (χ1) is 7.81. The van der Waals surface area contributed by atoms with E-state index >= 15 is 0 Å². The van der Waals surface area contributed by atoms with Gasteiger partial charge in [-0.1, -0.05) is 23.9 Å². The van der Waals surface area contributed by atoms with Crippen molar-refractivity contribution >= 4 is 44.3 Å². The van der Waals surface area contributed by atoms with Gasteiger partial charge in [-0.15, -0.1) is 11.3 Å². The Morgan fingerprint density at radius 3 is 2.94 bits per heavy atom. The lowest BCUT2D eigenvalue weighted by Gasteiger charge is -1.92. The summed E-state index contributed by atoms with van der Waals surface area (Å²) >= 11 is 2.94. The number of fused-ring (bicyclic) bond motifs is 1. The number of aliphatic imine (C=N–C) groups is 1. The van der Waals surface area contributed by atoms with Gasteiger partial charge < -0.3 is 0 Å². The van der Waals surface area contributed by atoms with Gasteiger partial charge in [0.2, 0.25) is 0 Å². The van der Waals surface area contributed by atoms with E-state index in [1.807, 2.05) is 18.2 Å². The predicted molar refractivity (Wildman–Crippen MR) is 68.6 cm³/mol. The summed E-state index contributed by atoms with van der Waals surface area (Å²) < 4.78 is 1.19. The van der Waals surface area contributed by atoms with Gasteiger partial charge in [0.05, 0.1) is 15.2 Å². The van der Waals surface area contributed by atoms with Gasteiger partial charge in [0.15, 0.2) is 0 Å². The number of nitrogens with zero attached hydrogens (tertiary/aromatic N) is 2. The summed E-state index contributed by atoms with van der Waals surface area (Å²) in [6.45, 7) is 0. The molecule has 0 fully saturated rings. The van der Waals surface area contributed by atoms with Crippen LogP contribution >= 0.6 is 23.1 Å². The van der Waals surface area contributed by atoms with Crippen LogP contribution in [0.2, 0.25) is 0 Å². The lowest BCUT2D eigenvalue weighted by molar-refractivity contribution is 0.268. The van der Waals surface area contributed by atoms with Gasteiger partial charge in [-0.25, -0.2) is 9.98 Å². The highest BCUT2D eigenvalue weighted by molar-refractivity contribution is 8.14. The Balaban J connectivity index is 1.90. The number of benzene rings is 1. The molecule has 16 heavy (non-hydrogen) atoms. The van der Waals surface area contributed by atoms with E-state index in [1.165, 1.54) is 16.5 Å². The Kier molecular flexibility index (Phi) is 2.49. The number of hydrogen-bond acceptors (Lipinski definition) is 4. The molecular formula is C11H8N2OS2. The van der Waals surface area contributed by atoms with Crippen LogP contribution in [0.1, 0.15) is 5.01 Å². The number of hydrogen-bond donors (Lipinski definition) is 0. The van der Waals surface area contributed by atoms with E-state index in [1.54, 1.807) is 11.3 Å². The van der Waals surface area contributed by atoms with Crippen molar-refractivity contribution in [3.63, 3.8) is 0 Å². The molecule has 0 unspecified atom stereocenters. The molecule has 1 aliphatic rings. The molecule has 0 saturated carbocycles. The summed E-state index contributed by atoms with van der Waals surface area (Å²) in [4.78, 5) is 19.5. The minimum Gasteiger partial charge on any atom is -0.259 e. The molecule has 1 aromatic heterocycles. The zero-order chi connectivity index (χ0) is 11.0. The standard InChI is InChI=1S/C11H8N2OS2/c14-11-12-7(6-15-11)5-10-13-8-3-1-2-4-9(8)16-10/h1-4H,5-6H2. The monoisotopic (exact) mass is 248 g/mol. The Labute approximate surface area is 101 Å². The second-order valence-electron chi connectivity index (χ2n) is 3.48. The summed E-state index contributed by atoms with van der Waals surface area (Å²) in [6, 6.07) is 8.06. The average molecular weight is 248 g/mol. The minimum atomic E-state index is -0.0730. The highest BCUT2D eigenvalue weighted by atomic mass is 32.2. The fourth-order valence-electron chi connectivity index (χ4n) is 1.60. The molecule has 0 atom stereocenters. The molecule has 0 bridgehead atoms. The second kappa shape index (κ2) is 3.99. The Bertz CT molecular complexity index is 555. The molecule has 2 aromatic rings. The largest absolute Gasteiger partial charge is 0.305 e. The molecule has 1 aromatic carbocycles. The molecule has 0 spiro atoms. The summed E-state index contributed by atoms with van der Waals surface area (Å²) in [5, 5.41) is 0.964. The van der Waals surface area contributed by atoms with Crippen molar-refractivity contribution in [3.05, 3.63) is 29.3 Å². The maximum absolute atomic E-state index is 11.0. The zero-order valence-corrected chi connectivity index (χ0v) is 9.98. The number of aromatic nitrogens is 1. The summed E-state index contributed by atoms with van der Waals surface area (Å²) in [5.74, 6) is 0.717. The lowest BCUT2D eigenvalue weighted by Crippen LogP contribution is -2.01. The van der Waals surface area contributed by atoms with Crippen LogP contribution in [-0.2, 0) is 6.42 Å². The number of carbonyl (C=O) groups is 1. The molecule has 3 nitrogen and oxygen atoms in total. The van der Waals surface area contributed by atoms with Crippen molar-refractivity contribution in [2.24, 2.45) is 4.99 Å². The van der Waals surface area contributed by atoms with Crippen molar-refractivity contribution in [3.8, 4) is 0 Å². The Morgan fingerprint density at radius 1 is 1.31 bits per heavy atom. The first kappa shape index (κ1) is 9.99. The number of amides is 1.